The summed E-state index contributed by atoms with van der Waals surface area (Å²) in [5, 5.41) is 10.2. The summed E-state index contributed by atoms with van der Waals surface area (Å²) in [7, 11) is -3.81. The second-order valence-electron chi connectivity index (χ2n) is 4.10. The molecule has 1 fully saturated rings. The Bertz CT molecular complexity index is 554. The van der Waals surface area contributed by atoms with Crippen molar-refractivity contribution in [3.8, 4) is 0 Å². The highest BCUT2D eigenvalue weighted by molar-refractivity contribution is 7.90. The van der Waals surface area contributed by atoms with E-state index >= 15 is 0 Å². The van der Waals surface area contributed by atoms with E-state index in [4.69, 9.17) is 5.14 Å². The molecule has 0 radical (unpaired) electrons. The fourth-order valence-electron chi connectivity index (χ4n) is 1.40. The maximum absolute atomic E-state index is 11.5. The molecule has 1 aromatic carbocycles. The number of carbonyl (C=O) groups excluding carboxylic acids is 1. The van der Waals surface area contributed by atoms with Crippen LogP contribution in [0.4, 0.5) is 16.2 Å². The number of anilines is 2. The van der Waals surface area contributed by atoms with E-state index in [1.165, 1.54) is 12.1 Å². The van der Waals surface area contributed by atoms with Crippen LogP contribution in [-0.4, -0.2) is 20.5 Å². The normalized spacial score (nSPS) is 14.9. The molecule has 1 aliphatic carbocycles. The largest absolute Gasteiger partial charge is 0.335 e. The van der Waals surface area contributed by atoms with Crippen molar-refractivity contribution in [3.63, 3.8) is 0 Å². The van der Waals surface area contributed by atoms with E-state index < -0.39 is 10.2 Å². The topological polar surface area (TPSA) is 113 Å². The van der Waals surface area contributed by atoms with E-state index in [0.29, 0.717) is 11.4 Å². The molecule has 0 atom stereocenters. The van der Waals surface area contributed by atoms with Crippen LogP contribution in [0.3, 0.4) is 0 Å². The van der Waals surface area contributed by atoms with E-state index in [-0.39, 0.29) is 12.1 Å². The minimum Gasteiger partial charge on any atom is -0.335 e. The van der Waals surface area contributed by atoms with Crippen LogP contribution in [-0.2, 0) is 10.2 Å². The lowest BCUT2D eigenvalue weighted by Crippen LogP contribution is -2.30. The van der Waals surface area contributed by atoms with Crippen LogP contribution in [0.25, 0.3) is 0 Å². The lowest BCUT2D eigenvalue weighted by atomic mass is 10.3. The molecule has 0 unspecified atom stereocenters. The summed E-state index contributed by atoms with van der Waals surface area (Å²) in [6.07, 6.45) is 2.00. The second-order valence-corrected chi connectivity index (χ2v) is 5.39. The molecule has 0 aromatic heterocycles. The van der Waals surface area contributed by atoms with E-state index in [9.17, 15) is 13.2 Å². The first-order valence-electron chi connectivity index (χ1n) is 5.40. The molecule has 0 saturated heterocycles. The Balaban J connectivity index is 1.99. The summed E-state index contributed by atoms with van der Waals surface area (Å²) < 4.78 is 23.8. The summed E-state index contributed by atoms with van der Waals surface area (Å²) >= 11 is 0. The Morgan fingerprint density at radius 3 is 2.56 bits per heavy atom. The highest BCUT2D eigenvalue weighted by atomic mass is 32.2. The van der Waals surface area contributed by atoms with Crippen molar-refractivity contribution < 1.29 is 13.2 Å². The van der Waals surface area contributed by atoms with Gasteiger partial charge in [-0.2, -0.15) is 8.42 Å². The minimum atomic E-state index is -3.81. The minimum absolute atomic E-state index is 0.260. The number of urea groups is 1. The number of nitrogens with one attached hydrogen (secondary N) is 3. The number of amides is 2. The molecule has 7 nitrogen and oxygen atoms in total. The van der Waals surface area contributed by atoms with Crippen LogP contribution < -0.4 is 20.5 Å². The highest BCUT2D eigenvalue weighted by Crippen LogP contribution is 2.19. The van der Waals surface area contributed by atoms with Gasteiger partial charge in [0.05, 0.1) is 5.69 Å². The van der Waals surface area contributed by atoms with Crippen LogP contribution in [0, 0.1) is 0 Å². The molecule has 1 aliphatic rings. The standard InChI is InChI=1S/C10H14N4O3S/c11-18(16,17)14-9-3-1-2-8(6-9)13-10(15)12-7-4-5-7/h1-3,6-7,14H,4-5H2,(H2,11,16,17)(H2,12,13,15). The van der Waals surface area contributed by atoms with Crippen LogP contribution in [0.15, 0.2) is 24.3 Å². The molecule has 0 aliphatic heterocycles. The average molecular weight is 270 g/mol. The molecule has 18 heavy (non-hydrogen) atoms. The van der Waals surface area contributed by atoms with Gasteiger partial charge in [-0.3, -0.25) is 4.72 Å². The maximum Gasteiger partial charge on any atom is 0.319 e. The lowest BCUT2D eigenvalue weighted by Gasteiger charge is -2.08. The van der Waals surface area contributed by atoms with Gasteiger partial charge in [0.1, 0.15) is 0 Å². The summed E-state index contributed by atoms with van der Waals surface area (Å²) in [6.45, 7) is 0. The number of benzene rings is 1. The highest BCUT2D eigenvalue weighted by Gasteiger charge is 2.23. The number of hydrogen-bond acceptors (Lipinski definition) is 3. The Morgan fingerprint density at radius 1 is 1.28 bits per heavy atom. The first-order chi connectivity index (χ1) is 8.42. The Labute approximate surface area is 105 Å². The summed E-state index contributed by atoms with van der Waals surface area (Å²) in [4.78, 5) is 11.5. The third-order valence-electron chi connectivity index (χ3n) is 2.29. The van der Waals surface area contributed by atoms with Crippen molar-refractivity contribution >= 4 is 27.6 Å². The van der Waals surface area contributed by atoms with Crippen molar-refractivity contribution in [2.45, 2.75) is 18.9 Å². The van der Waals surface area contributed by atoms with Gasteiger partial charge in [-0.05, 0) is 31.0 Å². The second kappa shape index (κ2) is 4.83. The van der Waals surface area contributed by atoms with Crippen molar-refractivity contribution in [3.05, 3.63) is 24.3 Å². The quantitative estimate of drug-likeness (QED) is 0.642. The van der Waals surface area contributed by atoms with Gasteiger partial charge in [-0.25, -0.2) is 9.93 Å². The zero-order valence-electron chi connectivity index (χ0n) is 9.51. The average Bonchev–Trinajstić information content (AvgIpc) is 2.98. The van der Waals surface area contributed by atoms with E-state index in [2.05, 4.69) is 15.4 Å². The third-order valence-corrected chi connectivity index (χ3v) is 2.81. The van der Waals surface area contributed by atoms with Crippen molar-refractivity contribution in [2.75, 3.05) is 10.0 Å². The molecule has 8 heteroatoms. The van der Waals surface area contributed by atoms with Crippen molar-refractivity contribution in [2.24, 2.45) is 5.14 Å². The molecule has 1 saturated carbocycles. The van der Waals surface area contributed by atoms with Crippen LogP contribution >= 0.6 is 0 Å². The van der Waals surface area contributed by atoms with Gasteiger partial charge < -0.3 is 10.6 Å². The first kappa shape index (κ1) is 12.7. The van der Waals surface area contributed by atoms with E-state index in [0.717, 1.165) is 12.8 Å². The zero-order chi connectivity index (χ0) is 13.2. The predicted octanol–water partition coefficient (Wildman–Crippen LogP) is 0.586. The molecule has 0 spiro atoms. The van der Waals surface area contributed by atoms with Crippen LogP contribution in [0.1, 0.15) is 12.8 Å². The molecule has 0 heterocycles. The summed E-state index contributed by atoms with van der Waals surface area (Å²) in [5.41, 5.74) is 0.781. The zero-order valence-corrected chi connectivity index (χ0v) is 10.3. The van der Waals surface area contributed by atoms with Gasteiger partial charge >= 0.3 is 6.03 Å². The predicted molar refractivity (Wildman–Crippen MR) is 68.3 cm³/mol. The third kappa shape index (κ3) is 4.22. The molecule has 1 aromatic rings. The van der Waals surface area contributed by atoms with Crippen LogP contribution in [0.5, 0.6) is 0 Å². The van der Waals surface area contributed by atoms with E-state index in [1.807, 2.05) is 0 Å². The molecular formula is C10H14N4O3S. The fraction of sp³-hybridized carbons (Fsp3) is 0.300. The van der Waals surface area contributed by atoms with Crippen molar-refractivity contribution in [1.82, 2.24) is 5.32 Å². The number of hydrogen-bond donors (Lipinski definition) is 4. The van der Waals surface area contributed by atoms with Gasteiger partial charge in [0.15, 0.2) is 0 Å². The fourth-order valence-corrected chi connectivity index (χ4v) is 1.86. The molecule has 2 amide bonds. The van der Waals surface area contributed by atoms with Gasteiger partial charge in [0.2, 0.25) is 0 Å². The molecular weight excluding hydrogens is 256 g/mol. The van der Waals surface area contributed by atoms with Gasteiger partial charge in [-0.1, -0.05) is 6.07 Å². The molecule has 2 rings (SSSR count). The molecule has 5 N–H and O–H groups in total. The smallest absolute Gasteiger partial charge is 0.319 e. The maximum atomic E-state index is 11.5. The molecule has 0 bridgehead atoms. The Kier molecular flexibility index (Phi) is 3.39. The van der Waals surface area contributed by atoms with Gasteiger partial charge in [0.25, 0.3) is 10.2 Å². The van der Waals surface area contributed by atoms with Crippen LogP contribution in [0.2, 0.25) is 0 Å². The molecule has 98 valence electrons. The first-order valence-corrected chi connectivity index (χ1v) is 6.95. The van der Waals surface area contributed by atoms with E-state index in [1.54, 1.807) is 12.1 Å². The lowest BCUT2D eigenvalue weighted by molar-refractivity contribution is 0.251. The summed E-state index contributed by atoms with van der Waals surface area (Å²) in [6, 6.07) is 6.24. The Hall–Kier alpha value is -1.80. The SMILES string of the molecule is NS(=O)(=O)Nc1cccc(NC(=O)NC2CC2)c1. The number of carbonyl (C=O) groups is 1. The summed E-state index contributed by atoms with van der Waals surface area (Å²) in [5.74, 6) is 0. The number of nitrogens with two attached hydrogens (primary N) is 1. The van der Waals surface area contributed by atoms with Gasteiger partial charge in [0, 0.05) is 11.7 Å². The monoisotopic (exact) mass is 270 g/mol. The Morgan fingerprint density at radius 2 is 1.94 bits per heavy atom. The van der Waals surface area contributed by atoms with Gasteiger partial charge in [-0.15, -0.1) is 0 Å². The number of rotatable bonds is 4. The van der Waals surface area contributed by atoms with Crippen molar-refractivity contribution in [1.29, 1.82) is 0 Å².